The van der Waals surface area contributed by atoms with Gasteiger partial charge in [0, 0.05) is 26.7 Å². The molecule has 1 rings (SSSR count). The molecule has 1 atom stereocenters. The molecule has 20 heavy (non-hydrogen) atoms. The minimum atomic E-state index is -3.10. The summed E-state index contributed by atoms with van der Waals surface area (Å²) in [5.41, 5.74) is 0. The number of nitrogens with zero attached hydrogens (tertiary/aromatic N) is 1. The molecule has 0 saturated carbocycles. The fraction of sp³-hybridized carbons (Fsp3) is 0.917. The van der Waals surface area contributed by atoms with Crippen LogP contribution in [0.1, 0.15) is 12.8 Å². The molecule has 1 saturated heterocycles. The number of sulfonamides is 1. The number of amides is 1. The lowest BCUT2D eigenvalue weighted by Gasteiger charge is -2.31. The van der Waals surface area contributed by atoms with Gasteiger partial charge in [0.15, 0.2) is 0 Å². The Bertz CT molecular complexity index is 400. The highest BCUT2D eigenvalue weighted by Gasteiger charge is 2.25. The molecule has 118 valence electrons. The molecular formula is C12H25N3O4S. The molecule has 1 aliphatic heterocycles. The van der Waals surface area contributed by atoms with E-state index in [0.29, 0.717) is 32.8 Å². The number of carbonyl (C=O) groups is 1. The summed E-state index contributed by atoms with van der Waals surface area (Å²) in [5.74, 6) is 0.197. The lowest BCUT2D eigenvalue weighted by Crippen LogP contribution is -2.44. The quantitative estimate of drug-likeness (QED) is 0.562. The van der Waals surface area contributed by atoms with E-state index in [4.69, 9.17) is 4.74 Å². The number of ether oxygens (including phenoxy) is 1. The Balaban J connectivity index is 2.20. The highest BCUT2D eigenvalue weighted by molar-refractivity contribution is 7.88. The van der Waals surface area contributed by atoms with Crippen molar-refractivity contribution in [1.29, 1.82) is 0 Å². The second kappa shape index (κ2) is 8.56. The first-order chi connectivity index (χ1) is 9.43. The average Bonchev–Trinajstić information content (AvgIpc) is 2.38. The lowest BCUT2D eigenvalue weighted by atomic mass is 10.00. The zero-order chi connectivity index (χ0) is 15.0. The molecule has 1 heterocycles. The smallest absolute Gasteiger partial charge is 0.234 e. The van der Waals surface area contributed by atoms with Crippen molar-refractivity contribution in [2.45, 2.75) is 12.8 Å². The zero-order valence-electron chi connectivity index (χ0n) is 12.2. The highest BCUT2D eigenvalue weighted by Crippen LogP contribution is 2.17. The number of piperidine rings is 1. The summed E-state index contributed by atoms with van der Waals surface area (Å²) in [5, 5.41) is 5.80. The van der Waals surface area contributed by atoms with Gasteiger partial charge in [-0.05, 0) is 25.3 Å². The number of hydrogen-bond acceptors (Lipinski definition) is 5. The van der Waals surface area contributed by atoms with Gasteiger partial charge >= 0.3 is 0 Å². The molecule has 0 aliphatic carbocycles. The van der Waals surface area contributed by atoms with Gasteiger partial charge in [-0.25, -0.2) is 12.7 Å². The van der Waals surface area contributed by atoms with Crippen molar-refractivity contribution in [1.82, 2.24) is 14.9 Å². The average molecular weight is 307 g/mol. The highest BCUT2D eigenvalue weighted by atomic mass is 32.2. The van der Waals surface area contributed by atoms with E-state index in [9.17, 15) is 13.2 Å². The van der Waals surface area contributed by atoms with Gasteiger partial charge in [-0.1, -0.05) is 0 Å². The maximum Gasteiger partial charge on any atom is 0.234 e. The first kappa shape index (κ1) is 17.4. The molecule has 7 nitrogen and oxygen atoms in total. The minimum Gasteiger partial charge on any atom is -0.383 e. The van der Waals surface area contributed by atoms with Gasteiger partial charge in [0.25, 0.3) is 0 Å². The van der Waals surface area contributed by atoms with E-state index in [1.807, 2.05) is 0 Å². The summed E-state index contributed by atoms with van der Waals surface area (Å²) < 4.78 is 29.3. The van der Waals surface area contributed by atoms with Crippen LogP contribution >= 0.6 is 0 Å². The second-order valence-electron chi connectivity index (χ2n) is 5.10. The van der Waals surface area contributed by atoms with Crippen LogP contribution in [0.15, 0.2) is 0 Å². The van der Waals surface area contributed by atoms with Crippen LogP contribution in [0.5, 0.6) is 0 Å². The molecule has 1 aliphatic rings. The van der Waals surface area contributed by atoms with E-state index in [1.54, 1.807) is 7.11 Å². The van der Waals surface area contributed by atoms with Gasteiger partial charge < -0.3 is 15.4 Å². The van der Waals surface area contributed by atoms with Crippen LogP contribution in [-0.2, 0) is 19.6 Å². The first-order valence-electron chi connectivity index (χ1n) is 6.85. The molecule has 2 N–H and O–H groups in total. The lowest BCUT2D eigenvalue weighted by molar-refractivity contribution is -0.120. The van der Waals surface area contributed by atoms with E-state index in [1.165, 1.54) is 10.6 Å². The fourth-order valence-electron chi connectivity index (χ4n) is 2.24. The van der Waals surface area contributed by atoms with Crippen LogP contribution < -0.4 is 10.6 Å². The molecule has 1 amide bonds. The van der Waals surface area contributed by atoms with Gasteiger partial charge in [0.2, 0.25) is 15.9 Å². The van der Waals surface area contributed by atoms with Gasteiger partial charge in [0.1, 0.15) is 0 Å². The van der Waals surface area contributed by atoms with E-state index in [2.05, 4.69) is 10.6 Å². The molecule has 0 bridgehead atoms. The fourth-order valence-corrected chi connectivity index (χ4v) is 3.18. The van der Waals surface area contributed by atoms with Crippen LogP contribution in [0.4, 0.5) is 0 Å². The summed E-state index contributed by atoms with van der Waals surface area (Å²) in [6, 6.07) is 0. The van der Waals surface area contributed by atoms with Crippen molar-refractivity contribution in [3.8, 4) is 0 Å². The standard InChI is InChI=1S/C12H25N3O4S/c1-19-7-5-14-12(16)9-13-8-11-4-3-6-15(10-11)20(2,17)18/h11,13H,3-10H2,1-2H3,(H,14,16). The normalized spacial score (nSPS) is 20.8. The number of hydrogen-bond donors (Lipinski definition) is 2. The molecule has 1 fully saturated rings. The summed E-state index contributed by atoms with van der Waals surface area (Å²) in [6.07, 6.45) is 3.11. The molecule has 0 aromatic carbocycles. The van der Waals surface area contributed by atoms with Gasteiger partial charge in [-0.15, -0.1) is 0 Å². The third kappa shape index (κ3) is 6.65. The van der Waals surface area contributed by atoms with Gasteiger partial charge in [-0.3, -0.25) is 4.79 Å². The molecular weight excluding hydrogens is 282 g/mol. The van der Waals surface area contributed by atoms with E-state index in [-0.39, 0.29) is 18.4 Å². The monoisotopic (exact) mass is 307 g/mol. The number of methoxy groups -OCH3 is 1. The van der Waals surface area contributed by atoms with Crippen molar-refractivity contribution in [3.05, 3.63) is 0 Å². The van der Waals surface area contributed by atoms with E-state index < -0.39 is 10.0 Å². The van der Waals surface area contributed by atoms with Crippen LogP contribution in [0.2, 0.25) is 0 Å². The Morgan fingerprint density at radius 1 is 1.45 bits per heavy atom. The van der Waals surface area contributed by atoms with Crippen molar-refractivity contribution < 1.29 is 17.9 Å². The van der Waals surface area contributed by atoms with Crippen LogP contribution in [0.3, 0.4) is 0 Å². The zero-order valence-corrected chi connectivity index (χ0v) is 13.0. The molecule has 0 aromatic rings. The Labute approximate surface area is 121 Å². The number of nitrogens with one attached hydrogen (secondary N) is 2. The van der Waals surface area contributed by atoms with Gasteiger partial charge in [-0.2, -0.15) is 0 Å². The Kier molecular flexibility index (Phi) is 7.42. The van der Waals surface area contributed by atoms with Crippen LogP contribution in [0.25, 0.3) is 0 Å². The SMILES string of the molecule is COCCNC(=O)CNCC1CCCN(S(C)(=O)=O)C1. The topological polar surface area (TPSA) is 87.7 Å². The van der Waals surface area contributed by atoms with Crippen LogP contribution in [0, 0.1) is 5.92 Å². The summed E-state index contributed by atoms with van der Waals surface area (Å²) in [6.45, 7) is 3.05. The number of rotatable bonds is 8. The third-order valence-corrected chi connectivity index (χ3v) is 4.57. The summed E-state index contributed by atoms with van der Waals surface area (Å²) in [4.78, 5) is 11.4. The van der Waals surface area contributed by atoms with Crippen molar-refractivity contribution in [3.63, 3.8) is 0 Å². The largest absolute Gasteiger partial charge is 0.383 e. The predicted molar refractivity (Wildman–Crippen MR) is 76.9 cm³/mol. The minimum absolute atomic E-state index is 0.0715. The van der Waals surface area contributed by atoms with Crippen molar-refractivity contribution in [2.75, 3.05) is 52.7 Å². The third-order valence-electron chi connectivity index (χ3n) is 3.30. The van der Waals surface area contributed by atoms with Crippen molar-refractivity contribution in [2.24, 2.45) is 5.92 Å². The van der Waals surface area contributed by atoms with Crippen molar-refractivity contribution >= 4 is 15.9 Å². The molecule has 0 radical (unpaired) electrons. The molecule has 1 unspecified atom stereocenters. The maximum absolute atomic E-state index is 11.5. The maximum atomic E-state index is 11.5. The Morgan fingerprint density at radius 2 is 2.20 bits per heavy atom. The molecule has 0 spiro atoms. The van der Waals surface area contributed by atoms with E-state index in [0.717, 1.165) is 12.8 Å². The van der Waals surface area contributed by atoms with Crippen LogP contribution in [-0.4, -0.2) is 71.3 Å². The van der Waals surface area contributed by atoms with Gasteiger partial charge in [0.05, 0.1) is 19.4 Å². The number of carbonyl (C=O) groups excluding carboxylic acids is 1. The van der Waals surface area contributed by atoms with E-state index >= 15 is 0 Å². The molecule has 0 aromatic heterocycles. The summed E-state index contributed by atoms with van der Waals surface area (Å²) in [7, 11) is -1.52. The summed E-state index contributed by atoms with van der Waals surface area (Å²) >= 11 is 0. The predicted octanol–water partition coefficient (Wildman–Crippen LogP) is -0.990. The second-order valence-corrected chi connectivity index (χ2v) is 7.09. The molecule has 8 heteroatoms. The first-order valence-corrected chi connectivity index (χ1v) is 8.69. The Morgan fingerprint density at radius 3 is 2.85 bits per heavy atom. The Hall–Kier alpha value is -0.700.